The van der Waals surface area contributed by atoms with Crippen molar-refractivity contribution < 1.29 is 9.21 Å². The predicted molar refractivity (Wildman–Crippen MR) is 65.2 cm³/mol. The van der Waals surface area contributed by atoms with Crippen molar-refractivity contribution in [3.63, 3.8) is 0 Å². The Morgan fingerprint density at radius 2 is 1.94 bits per heavy atom. The Kier molecular flexibility index (Phi) is 2.93. The van der Waals surface area contributed by atoms with Crippen molar-refractivity contribution in [2.75, 3.05) is 31.1 Å². The van der Waals surface area contributed by atoms with Gasteiger partial charge in [0.1, 0.15) is 0 Å². The molecule has 18 heavy (non-hydrogen) atoms. The maximum Gasteiger partial charge on any atom is 0.318 e. The van der Waals surface area contributed by atoms with Gasteiger partial charge in [-0.15, -0.1) is 5.10 Å². The van der Waals surface area contributed by atoms with Gasteiger partial charge >= 0.3 is 6.01 Å². The number of aryl methyl sites for hydroxylation is 1. The molecule has 1 aromatic rings. The van der Waals surface area contributed by atoms with Crippen LogP contribution in [0.5, 0.6) is 0 Å². The predicted octanol–water partition coefficient (Wildman–Crippen LogP) is 0.827. The number of carbonyl (C=O) groups is 1. The fourth-order valence-electron chi connectivity index (χ4n) is 2.45. The lowest BCUT2D eigenvalue weighted by Crippen LogP contribution is -2.51. The highest BCUT2D eigenvalue weighted by atomic mass is 16.4. The monoisotopic (exact) mass is 250 g/mol. The van der Waals surface area contributed by atoms with Crippen molar-refractivity contribution in [1.82, 2.24) is 15.1 Å². The molecule has 2 fully saturated rings. The van der Waals surface area contributed by atoms with Gasteiger partial charge in [0.25, 0.3) is 0 Å². The summed E-state index contributed by atoms with van der Waals surface area (Å²) >= 11 is 0. The van der Waals surface area contributed by atoms with Crippen molar-refractivity contribution >= 4 is 11.9 Å². The van der Waals surface area contributed by atoms with E-state index in [0.717, 1.165) is 39.0 Å². The molecule has 1 saturated carbocycles. The molecule has 0 atom stereocenters. The van der Waals surface area contributed by atoms with Gasteiger partial charge in [0.15, 0.2) is 0 Å². The van der Waals surface area contributed by atoms with Gasteiger partial charge in [0.05, 0.1) is 0 Å². The second-order valence-corrected chi connectivity index (χ2v) is 5.04. The highest BCUT2D eigenvalue weighted by Gasteiger charge is 2.31. The van der Waals surface area contributed by atoms with Crippen molar-refractivity contribution in [3.8, 4) is 0 Å². The molecular formula is C12H18N4O2. The first-order chi connectivity index (χ1) is 8.74. The molecule has 0 radical (unpaired) electrons. The van der Waals surface area contributed by atoms with Crippen LogP contribution >= 0.6 is 0 Å². The minimum Gasteiger partial charge on any atom is -0.408 e. The van der Waals surface area contributed by atoms with Crippen LogP contribution in [0.4, 0.5) is 6.01 Å². The van der Waals surface area contributed by atoms with Gasteiger partial charge < -0.3 is 14.2 Å². The SMILES string of the molecule is Cc1nnc(N2CCN(C(=O)C3CCC3)CC2)o1. The van der Waals surface area contributed by atoms with Gasteiger partial charge in [0, 0.05) is 39.0 Å². The third-order valence-corrected chi connectivity index (χ3v) is 3.83. The summed E-state index contributed by atoms with van der Waals surface area (Å²) in [6.07, 6.45) is 3.35. The summed E-state index contributed by atoms with van der Waals surface area (Å²) < 4.78 is 5.40. The highest BCUT2D eigenvalue weighted by Crippen LogP contribution is 2.28. The van der Waals surface area contributed by atoms with Crippen molar-refractivity contribution in [2.24, 2.45) is 5.92 Å². The van der Waals surface area contributed by atoms with E-state index in [2.05, 4.69) is 10.2 Å². The molecular weight excluding hydrogens is 232 g/mol. The van der Waals surface area contributed by atoms with Crippen LogP contribution in [-0.2, 0) is 4.79 Å². The molecule has 98 valence electrons. The van der Waals surface area contributed by atoms with Gasteiger partial charge in [-0.25, -0.2) is 0 Å². The third-order valence-electron chi connectivity index (χ3n) is 3.83. The van der Waals surface area contributed by atoms with Crippen LogP contribution in [0.2, 0.25) is 0 Å². The molecule has 1 aliphatic carbocycles. The summed E-state index contributed by atoms with van der Waals surface area (Å²) in [5.74, 6) is 1.21. The van der Waals surface area contributed by atoms with E-state index in [9.17, 15) is 4.79 Å². The molecule has 1 amide bonds. The minimum atomic E-state index is 0.294. The van der Waals surface area contributed by atoms with E-state index in [-0.39, 0.29) is 0 Å². The van der Waals surface area contributed by atoms with Gasteiger partial charge in [-0.3, -0.25) is 4.79 Å². The number of carbonyl (C=O) groups excluding carboxylic acids is 1. The second kappa shape index (κ2) is 4.59. The normalized spacial score (nSPS) is 20.9. The molecule has 0 N–H and O–H groups in total. The highest BCUT2D eigenvalue weighted by molar-refractivity contribution is 5.79. The fraction of sp³-hybridized carbons (Fsp3) is 0.750. The van der Waals surface area contributed by atoms with E-state index in [1.165, 1.54) is 6.42 Å². The molecule has 3 rings (SSSR count). The number of piperazine rings is 1. The fourth-order valence-corrected chi connectivity index (χ4v) is 2.45. The number of hydrogen-bond acceptors (Lipinski definition) is 5. The van der Waals surface area contributed by atoms with E-state index in [1.54, 1.807) is 6.92 Å². The van der Waals surface area contributed by atoms with Crippen LogP contribution < -0.4 is 4.90 Å². The molecule has 6 nitrogen and oxygen atoms in total. The number of anilines is 1. The first-order valence-electron chi connectivity index (χ1n) is 6.58. The molecule has 0 aromatic carbocycles. The Bertz CT molecular complexity index is 433. The minimum absolute atomic E-state index is 0.294. The molecule has 0 unspecified atom stereocenters. The van der Waals surface area contributed by atoms with Gasteiger partial charge in [-0.2, -0.15) is 0 Å². The van der Waals surface area contributed by atoms with Gasteiger partial charge in [-0.1, -0.05) is 11.5 Å². The first-order valence-corrected chi connectivity index (χ1v) is 6.58. The molecule has 6 heteroatoms. The quantitative estimate of drug-likeness (QED) is 0.778. The lowest BCUT2D eigenvalue weighted by molar-refractivity contribution is -0.138. The zero-order valence-corrected chi connectivity index (χ0v) is 10.6. The van der Waals surface area contributed by atoms with Crippen LogP contribution in [0.25, 0.3) is 0 Å². The van der Waals surface area contributed by atoms with E-state index in [4.69, 9.17) is 4.42 Å². The Morgan fingerprint density at radius 1 is 1.22 bits per heavy atom. The van der Waals surface area contributed by atoms with E-state index < -0.39 is 0 Å². The lowest BCUT2D eigenvalue weighted by Gasteiger charge is -2.37. The van der Waals surface area contributed by atoms with Crippen LogP contribution in [0.3, 0.4) is 0 Å². The summed E-state index contributed by atoms with van der Waals surface area (Å²) in [6, 6.07) is 0.572. The number of rotatable bonds is 2. The maximum atomic E-state index is 12.1. The smallest absolute Gasteiger partial charge is 0.318 e. The zero-order chi connectivity index (χ0) is 12.5. The van der Waals surface area contributed by atoms with Crippen LogP contribution in [-0.4, -0.2) is 47.2 Å². The van der Waals surface area contributed by atoms with E-state index >= 15 is 0 Å². The van der Waals surface area contributed by atoms with E-state index in [1.807, 2.05) is 9.80 Å². The zero-order valence-electron chi connectivity index (χ0n) is 10.6. The lowest BCUT2D eigenvalue weighted by atomic mass is 9.84. The summed E-state index contributed by atoms with van der Waals surface area (Å²) in [6.45, 7) is 4.86. The molecule has 1 saturated heterocycles. The molecule has 1 aromatic heterocycles. The molecule has 0 bridgehead atoms. The van der Waals surface area contributed by atoms with Crippen molar-refractivity contribution in [1.29, 1.82) is 0 Å². The number of nitrogens with zero attached hydrogens (tertiary/aromatic N) is 4. The Hall–Kier alpha value is -1.59. The van der Waals surface area contributed by atoms with Crippen molar-refractivity contribution in [3.05, 3.63) is 5.89 Å². The summed E-state index contributed by atoms with van der Waals surface area (Å²) in [7, 11) is 0. The van der Waals surface area contributed by atoms with E-state index in [0.29, 0.717) is 23.7 Å². The number of amides is 1. The number of hydrogen-bond donors (Lipinski definition) is 0. The Balaban J connectivity index is 1.56. The van der Waals surface area contributed by atoms with Crippen molar-refractivity contribution in [2.45, 2.75) is 26.2 Å². The molecule has 1 aliphatic heterocycles. The molecule has 0 spiro atoms. The van der Waals surface area contributed by atoms with Crippen LogP contribution in [0, 0.1) is 12.8 Å². The Labute approximate surface area is 106 Å². The standard InChI is InChI=1S/C12H18N4O2/c1-9-13-14-12(18-9)16-7-5-15(6-8-16)11(17)10-3-2-4-10/h10H,2-8H2,1H3. The van der Waals surface area contributed by atoms with Crippen LogP contribution in [0.15, 0.2) is 4.42 Å². The Morgan fingerprint density at radius 3 is 2.44 bits per heavy atom. The summed E-state index contributed by atoms with van der Waals surface area (Å²) in [5, 5.41) is 7.84. The summed E-state index contributed by atoms with van der Waals surface area (Å²) in [4.78, 5) is 16.1. The first kappa shape index (κ1) is 11.5. The van der Waals surface area contributed by atoms with Gasteiger partial charge in [-0.05, 0) is 12.8 Å². The number of aromatic nitrogens is 2. The average Bonchev–Trinajstić information content (AvgIpc) is 2.74. The largest absolute Gasteiger partial charge is 0.408 e. The topological polar surface area (TPSA) is 62.5 Å². The molecule has 2 aliphatic rings. The average molecular weight is 250 g/mol. The third kappa shape index (κ3) is 2.07. The molecule has 2 heterocycles. The summed E-state index contributed by atoms with van der Waals surface area (Å²) in [5.41, 5.74) is 0. The second-order valence-electron chi connectivity index (χ2n) is 5.04. The maximum absolute atomic E-state index is 12.1. The van der Waals surface area contributed by atoms with Crippen LogP contribution in [0.1, 0.15) is 25.2 Å². The van der Waals surface area contributed by atoms with Gasteiger partial charge in [0.2, 0.25) is 11.8 Å².